The van der Waals surface area contributed by atoms with Crippen LogP contribution in [0.25, 0.3) is 0 Å². The molecular weight excluding hydrogens is 314 g/mol. The molecule has 0 aromatic rings. The van der Waals surface area contributed by atoms with E-state index in [-0.39, 0.29) is 5.75 Å². The predicted octanol–water partition coefficient (Wildman–Crippen LogP) is 2.69. The highest BCUT2D eigenvalue weighted by Crippen LogP contribution is 2.07. The smallest absolute Gasteiger partial charge is 0.264 e. The van der Waals surface area contributed by atoms with E-state index in [9.17, 15) is 8.42 Å². The fourth-order valence-corrected chi connectivity index (χ4v) is 3.07. The number of nitrogens with zero attached hydrogens (tertiary/aromatic N) is 2. The van der Waals surface area contributed by atoms with Crippen LogP contribution in [0, 0.1) is 0 Å². The Morgan fingerprint density at radius 2 is 1.61 bits per heavy atom. The summed E-state index contributed by atoms with van der Waals surface area (Å²) in [6.07, 6.45) is 8.24. The fourth-order valence-electron chi connectivity index (χ4n) is 2.58. The largest absolute Gasteiger partial charge is 0.387 e. The summed E-state index contributed by atoms with van der Waals surface area (Å²) in [5, 5.41) is 0. The minimum absolute atomic E-state index is 0.145. The molecule has 0 aliphatic carbocycles. The van der Waals surface area contributed by atoms with Crippen molar-refractivity contribution in [2.45, 2.75) is 65.2 Å². The van der Waals surface area contributed by atoms with Crippen LogP contribution >= 0.6 is 0 Å². The van der Waals surface area contributed by atoms with Gasteiger partial charge in [0.2, 0.25) is 0 Å². The first kappa shape index (κ1) is 22.3. The maximum absolute atomic E-state index is 10.7. The highest BCUT2D eigenvalue weighted by atomic mass is 32.2. The fraction of sp³-hybridized carbons (Fsp3) is 0.938. The second-order valence-electron chi connectivity index (χ2n) is 5.96. The van der Waals surface area contributed by atoms with Crippen LogP contribution in [0.2, 0.25) is 0 Å². The van der Waals surface area contributed by atoms with Crippen molar-refractivity contribution in [1.82, 2.24) is 4.90 Å². The van der Waals surface area contributed by atoms with Gasteiger partial charge in [0.15, 0.2) is 0 Å². The van der Waals surface area contributed by atoms with Crippen molar-refractivity contribution in [3.63, 3.8) is 0 Å². The van der Waals surface area contributed by atoms with Gasteiger partial charge in [-0.2, -0.15) is 8.42 Å². The lowest BCUT2D eigenvalue weighted by Gasteiger charge is -2.21. The van der Waals surface area contributed by atoms with E-state index in [1.54, 1.807) is 0 Å². The molecule has 0 saturated heterocycles. The molecule has 0 heterocycles. The van der Waals surface area contributed by atoms with E-state index in [4.69, 9.17) is 10.3 Å². The van der Waals surface area contributed by atoms with E-state index >= 15 is 0 Å². The normalized spacial score (nSPS) is 13.0. The topological polar surface area (TPSA) is 96.0 Å². The summed E-state index contributed by atoms with van der Waals surface area (Å²) in [5.41, 5.74) is 5.76. The second kappa shape index (κ2) is 13.7. The van der Waals surface area contributed by atoms with Gasteiger partial charge in [-0.25, -0.2) is 0 Å². The number of unbranched alkanes of at least 4 members (excludes halogenated alkanes) is 4. The van der Waals surface area contributed by atoms with E-state index < -0.39 is 10.1 Å². The monoisotopic (exact) mass is 349 g/mol. The molecule has 0 aromatic carbocycles. The van der Waals surface area contributed by atoms with Crippen molar-refractivity contribution in [2.24, 2.45) is 10.7 Å². The Kier molecular flexibility index (Phi) is 13.4. The summed E-state index contributed by atoms with van der Waals surface area (Å²) in [6, 6.07) is 0. The van der Waals surface area contributed by atoms with Crippen molar-refractivity contribution in [2.75, 3.05) is 31.9 Å². The van der Waals surface area contributed by atoms with Crippen LogP contribution < -0.4 is 5.73 Å². The van der Waals surface area contributed by atoms with E-state index in [1.165, 1.54) is 19.3 Å². The van der Waals surface area contributed by atoms with Gasteiger partial charge in [-0.15, -0.1) is 0 Å². The molecular formula is C16H35N3O3S. The molecule has 0 rings (SSSR count). The molecule has 0 bridgehead atoms. The lowest BCUT2D eigenvalue weighted by Crippen LogP contribution is -2.28. The van der Waals surface area contributed by atoms with Crippen molar-refractivity contribution < 1.29 is 13.0 Å². The summed E-state index contributed by atoms with van der Waals surface area (Å²) in [7, 11) is -3.83. The molecule has 0 spiro atoms. The average Bonchev–Trinajstić information content (AvgIpc) is 2.45. The standard InChI is InChI=1S/C16H35N3O3S/c1-3-12-19(14-10-15-23(20,21)22)13-9-7-5-6-8-11-16(17)18-4-2/h3-15H2,1-2H3,(H2,17,18)(H,20,21,22). The summed E-state index contributed by atoms with van der Waals surface area (Å²) in [4.78, 5) is 6.46. The summed E-state index contributed by atoms with van der Waals surface area (Å²) < 4.78 is 30.2. The molecule has 3 N–H and O–H groups in total. The molecule has 0 saturated carbocycles. The van der Waals surface area contributed by atoms with Gasteiger partial charge in [-0.1, -0.05) is 26.2 Å². The Labute approximate surface area is 142 Å². The van der Waals surface area contributed by atoms with Crippen molar-refractivity contribution in [1.29, 1.82) is 0 Å². The van der Waals surface area contributed by atoms with E-state index in [2.05, 4.69) is 16.8 Å². The first-order valence-electron chi connectivity index (χ1n) is 8.85. The van der Waals surface area contributed by atoms with Gasteiger partial charge in [0.25, 0.3) is 10.1 Å². The zero-order chi connectivity index (χ0) is 17.6. The third-order valence-corrected chi connectivity index (χ3v) is 4.49. The molecule has 6 nitrogen and oxygen atoms in total. The molecule has 0 radical (unpaired) electrons. The summed E-state index contributed by atoms with van der Waals surface area (Å²) in [5.74, 6) is 0.619. The van der Waals surface area contributed by atoms with Gasteiger partial charge < -0.3 is 10.6 Å². The average molecular weight is 350 g/mol. The van der Waals surface area contributed by atoms with E-state index in [1.807, 2.05) is 6.92 Å². The number of hydrogen-bond donors (Lipinski definition) is 2. The maximum Gasteiger partial charge on any atom is 0.264 e. The Bertz CT molecular complexity index is 411. The predicted molar refractivity (Wildman–Crippen MR) is 97.6 cm³/mol. The quantitative estimate of drug-likeness (QED) is 0.205. The van der Waals surface area contributed by atoms with Crippen molar-refractivity contribution in [3.8, 4) is 0 Å². The SMILES string of the molecule is CCCN(CCCCCCCC(N)=NCC)CCCS(=O)(=O)O. The molecule has 0 fully saturated rings. The summed E-state index contributed by atoms with van der Waals surface area (Å²) >= 11 is 0. The Balaban J connectivity index is 3.69. The number of nitrogens with two attached hydrogens (primary N) is 1. The highest BCUT2D eigenvalue weighted by molar-refractivity contribution is 7.85. The summed E-state index contributed by atoms with van der Waals surface area (Å²) in [6.45, 7) is 7.59. The molecule has 0 aliphatic rings. The van der Waals surface area contributed by atoms with Crippen LogP contribution in [-0.2, 0) is 10.1 Å². The van der Waals surface area contributed by atoms with E-state index in [0.717, 1.165) is 57.7 Å². The van der Waals surface area contributed by atoms with Crippen LogP contribution in [0.1, 0.15) is 65.2 Å². The first-order chi connectivity index (χ1) is 10.9. The maximum atomic E-state index is 10.7. The van der Waals surface area contributed by atoms with Crippen LogP contribution in [0.4, 0.5) is 0 Å². The van der Waals surface area contributed by atoms with Gasteiger partial charge in [-0.3, -0.25) is 9.55 Å². The Morgan fingerprint density at radius 3 is 2.22 bits per heavy atom. The number of amidine groups is 1. The Morgan fingerprint density at radius 1 is 1.00 bits per heavy atom. The molecule has 0 aromatic heterocycles. The minimum atomic E-state index is -3.83. The molecule has 0 atom stereocenters. The lowest BCUT2D eigenvalue weighted by molar-refractivity contribution is 0.267. The third kappa shape index (κ3) is 16.0. The molecule has 0 unspecified atom stereocenters. The molecule has 0 amide bonds. The first-order valence-corrected chi connectivity index (χ1v) is 10.5. The number of rotatable bonds is 15. The van der Waals surface area contributed by atoms with Gasteiger partial charge in [0.1, 0.15) is 0 Å². The lowest BCUT2D eigenvalue weighted by atomic mass is 10.1. The van der Waals surface area contributed by atoms with Crippen LogP contribution in [-0.4, -0.2) is 55.6 Å². The highest BCUT2D eigenvalue weighted by Gasteiger charge is 2.08. The van der Waals surface area contributed by atoms with Crippen LogP contribution in [0.5, 0.6) is 0 Å². The van der Waals surface area contributed by atoms with Gasteiger partial charge >= 0.3 is 0 Å². The number of aliphatic imine (C=N–C) groups is 1. The minimum Gasteiger partial charge on any atom is -0.387 e. The zero-order valence-electron chi connectivity index (χ0n) is 14.8. The molecule has 0 aliphatic heterocycles. The van der Waals surface area contributed by atoms with Crippen LogP contribution in [0.3, 0.4) is 0 Å². The van der Waals surface area contributed by atoms with Crippen molar-refractivity contribution >= 4 is 16.0 Å². The molecule has 23 heavy (non-hydrogen) atoms. The molecule has 7 heteroatoms. The second-order valence-corrected chi connectivity index (χ2v) is 7.54. The van der Waals surface area contributed by atoms with Crippen molar-refractivity contribution in [3.05, 3.63) is 0 Å². The van der Waals surface area contributed by atoms with E-state index in [0.29, 0.717) is 6.42 Å². The Hall–Kier alpha value is -0.660. The van der Waals surface area contributed by atoms with Gasteiger partial charge in [0.05, 0.1) is 11.6 Å². The zero-order valence-corrected chi connectivity index (χ0v) is 15.7. The third-order valence-electron chi connectivity index (χ3n) is 3.68. The van der Waals surface area contributed by atoms with Crippen LogP contribution in [0.15, 0.2) is 4.99 Å². The van der Waals surface area contributed by atoms with Gasteiger partial charge in [0, 0.05) is 13.0 Å². The van der Waals surface area contributed by atoms with Gasteiger partial charge in [-0.05, 0) is 52.2 Å². The molecule has 138 valence electrons. The number of hydrogen-bond acceptors (Lipinski definition) is 4.